The summed E-state index contributed by atoms with van der Waals surface area (Å²) in [6.07, 6.45) is -0.159. The lowest BCUT2D eigenvalue weighted by Gasteiger charge is -2.24. The first kappa shape index (κ1) is 18.8. The fraction of sp³-hybridized carbons (Fsp3) is 0.333. The molecule has 2 amide bonds. The molecule has 0 radical (unpaired) electrons. The summed E-state index contributed by atoms with van der Waals surface area (Å²) in [4.78, 5) is 25.9. The number of rotatable bonds is 3. The molecule has 6 nitrogen and oxygen atoms in total. The van der Waals surface area contributed by atoms with Gasteiger partial charge in [-0.25, -0.2) is 9.59 Å². The average molecular weight is 368 g/mol. The number of carbonyl (C=O) groups excluding carboxylic acids is 2. The number of fused-ring (bicyclic) bond motifs is 1. The number of ether oxygens (including phenoxy) is 2. The van der Waals surface area contributed by atoms with E-state index in [1.54, 1.807) is 11.0 Å². The lowest BCUT2D eigenvalue weighted by molar-refractivity contribution is 0.0584. The van der Waals surface area contributed by atoms with Crippen LogP contribution >= 0.6 is 0 Å². The van der Waals surface area contributed by atoms with Crippen molar-refractivity contribution >= 4 is 23.6 Å². The lowest BCUT2D eigenvalue weighted by Crippen LogP contribution is -2.35. The smallest absolute Gasteiger partial charge is 0.414 e. The van der Waals surface area contributed by atoms with Crippen LogP contribution in [0, 0.1) is 0 Å². The summed E-state index contributed by atoms with van der Waals surface area (Å²) in [5.74, 6) is 0. The Morgan fingerprint density at radius 3 is 2.56 bits per heavy atom. The minimum absolute atomic E-state index is 0.212. The fourth-order valence-corrected chi connectivity index (χ4v) is 2.86. The normalized spacial score (nSPS) is 13.1. The number of amides is 2. The molecule has 0 saturated carbocycles. The van der Waals surface area contributed by atoms with Gasteiger partial charge in [0.2, 0.25) is 0 Å². The van der Waals surface area contributed by atoms with Gasteiger partial charge in [0.25, 0.3) is 0 Å². The van der Waals surface area contributed by atoms with Crippen molar-refractivity contribution in [2.75, 3.05) is 16.8 Å². The van der Waals surface area contributed by atoms with Crippen LogP contribution in [0.3, 0.4) is 0 Å². The molecule has 1 aliphatic rings. The second-order valence-electron chi connectivity index (χ2n) is 7.41. The molecule has 1 heterocycles. The van der Waals surface area contributed by atoms with Crippen molar-refractivity contribution in [2.24, 2.45) is 0 Å². The van der Waals surface area contributed by atoms with Crippen LogP contribution in [0.15, 0.2) is 48.5 Å². The monoisotopic (exact) mass is 368 g/mol. The van der Waals surface area contributed by atoms with Gasteiger partial charge >= 0.3 is 12.2 Å². The summed E-state index contributed by atoms with van der Waals surface area (Å²) >= 11 is 0. The van der Waals surface area contributed by atoms with Gasteiger partial charge in [0.15, 0.2) is 0 Å². The van der Waals surface area contributed by atoms with Gasteiger partial charge in [-0.1, -0.05) is 30.3 Å². The number of hydrogen-bond acceptors (Lipinski definition) is 4. The zero-order valence-corrected chi connectivity index (χ0v) is 15.8. The molecule has 142 valence electrons. The summed E-state index contributed by atoms with van der Waals surface area (Å²) in [6, 6.07) is 14.9. The third-order valence-corrected chi connectivity index (χ3v) is 4.05. The molecule has 0 fully saturated rings. The number of nitrogens with zero attached hydrogens (tertiary/aromatic N) is 1. The number of hydrogen-bond donors (Lipinski definition) is 1. The van der Waals surface area contributed by atoms with E-state index in [0.717, 1.165) is 16.8 Å². The average Bonchev–Trinajstić information content (AvgIpc) is 3.03. The highest BCUT2D eigenvalue weighted by Gasteiger charge is 2.29. The Balaban J connectivity index is 1.60. The van der Waals surface area contributed by atoms with Crippen molar-refractivity contribution in [3.63, 3.8) is 0 Å². The van der Waals surface area contributed by atoms with E-state index in [1.807, 2.05) is 63.2 Å². The summed E-state index contributed by atoms with van der Waals surface area (Å²) in [7, 11) is 0. The fourth-order valence-electron chi connectivity index (χ4n) is 2.86. The molecule has 0 aliphatic carbocycles. The predicted octanol–water partition coefficient (Wildman–Crippen LogP) is 4.73. The Morgan fingerprint density at radius 1 is 1.11 bits per heavy atom. The Bertz CT molecular complexity index is 828. The predicted molar refractivity (Wildman–Crippen MR) is 104 cm³/mol. The summed E-state index contributed by atoms with van der Waals surface area (Å²) in [6.45, 7) is 6.30. The van der Waals surface area contributed by atoms with Gasteiger partial charge in [0, 0.05) is 12.2 Å². The van der Waals surface area contributed by atoms with Crippen molar-refractivity contribution in [2.45, 2.75) is 39.4 Å². The molecule has 6 heteroatoms. The van der Waals surface area contributed by atoms with E-state index in [1.165, 1.54) is 0 Å². The molecule has 27 heavy (non-hydrogen) atoms. The van der Waals surface area contributed by atoms with Crippen molar-refractivity contribution < 1.29 is 19.1 Å². The standard InChI is InChI=1S/C21H24N2O4/c1-21(2,3)27-20(25)23-12-11-16-13-17(9-10-18(16)23)22-19(24)26-14-15-7-5-4-6-8-15/h4-10,13H,11-12,14H2,1-3H3,(H,22,24). The quantitative estimate of drug-likeness (QED) is 0.850. The first-order chi connectivity index (χ1) is 12.8. The molecule has 0 bridgehead atoms. The van der Waals surface area contributed by atoms with Crippen molar-refractivity contribution in [1.29, 1.82) is 0 Å². The Hall–Kier alpha value is -3.02. The van der Waals surface area contributed by atoms with Crippen LogP contribution in [0.4, 0.5) is 21.0 Å². The molecule has 0 unspecified atom stereocenters. The topological polar surface area (TPSA) is 67.9 Å². The van der Waals surface area contributed by atoms with Crippen LogP contribution in [0.25, 0.3) is 0 Å². The first-order valence-electron chi connectivity index (χ1n) is 8.93. The summed E-state index contributed by atoms with van der Waals surface area (Å²) in [5.41, 5.74) is 2.82. The van der Waals surface area contributed by atoms with Gasteiger partial charge in [0.05, 0.1) is 5.69 Å². The van der Waals surface area contributed by atoms with E-state index >= 15 is 0 Å². The van der Waals surface area contributed by atoms with Gasteiger partial charge in [-0.15, -0.1) is 0 Å². The molecule has 2 aromatic carbocycles. The maximum Gasteiger partial charge on any atom is 0.414 e. The highest BCUT2D eigenvalue weighted by atomic mass is 16.6. The van der Waals surface area contributed by atoms with E-state index in [-0.39, 0.29) is 12.7 Å². The summed E-state index contributed by atoms with van der Waals surface area (Å²) < 4.78 is 10.7. The van der Waals surface area contributed by atoms with Crippen LogP contribution < -0.4 is 10.2 Å². The van der Waals surface area contributed by atoms with Crippen LogP contribution in [0.1, 0.15) is 31.9 Å². The first-order valence-corrected chi connectivity index (χ1v) is 8.93. The zero-order valence-electron chi connectivity index (χ0n) is 15.8. The number of benzene rings is 2. The van der Waals surface area contributed by atoms with E-state index in [0.29, 0.717) is 18.7 Å². The zero-order chi connectivity index (χ0) is 19.4. The Kier molecular flexibility index (Phi) is 5.35. The third-order valence-electron chi connectivity index (χ3n) is 4.05. The molecule has 3 rings (SSSR count). The van der Waals surface area contributed by atoms with Crippen LogP contribution in [0.2, 0.25) is 0 Å². The van der Waals surface area contributed by atoms with E-state index in [9.17, 15) is 9.59 Å². The molecular formula is C21H24N2O4. The van der Waals surface area contributed by atoms with Gasteiger partial charge in [-0.05, 0) is 56.5 Å². The molecule has 0 atom stereocenters. The third kappa shape index (κ3) is 5.00. The van der Waals surface area contributed by atoms with Gasteiger partial charge in [-0.3, -0.25) is 10.2 Å². The lowest BCUT2D eigenvalue weighted by atomic mass is 10.1. The van der Waals surface area contributed by atoms with Gasteiger partial charge < -0.3 is 9.47 Å². The summed E-state index contributed by atoms with van der Waals surface area (Å²) in [5, 5.41) is 2.73. The van der Waals surface area contributed by atoms with Crippen molar-refractivity contribution in [1.82, 2.24) is 0 Å². The van der Waals surface area contributed by atoms with Crippen LogP contribution in [-0.4, -0.2) is 24.3 Å². The molecule has 0 spiro atoms. The van der Waals surface area contributed by atoms with Gasteiger partial charge in [-0.2, -0.15) is 0 Å². The second kappa shape index (κ2) is 7.70. The number of carbonyl (C=O) groups is 2. The van der Waals surface area contributed by atoms with Crippen molar-refractivity contribution in [3.05, 3.63) is 59.7 Å². The minimum Gasteiger partial charge on any atom is -0.444 e. The van der Waals surface area contributed by atoms with Crippen molar-refractivity contribution in [3.8, 4) is 0 Å². The maximum absolute atomic E-state index is 12.3. The second-order valence-corrected chi connectivity index (χ2v) is 7.41. The van der Waals surface area contributed by atoms with E-state index < -0.39 is 11.7 Å². The largest absolute Gasteiger partial charge is 0.444 e. The van der Waals surface area contributed by atoms with Gasteiger partial charge in [0.1, 0.15) is 12.2 Å². The molecular weight excluding hydrogens is 344 g/mol. The highest BCUT2D eigenvalue weighted by molar-refractivity contribution is 5.92. The Labute approximate surface area is 159 Å². The number of nitrogens with one attached hydrogen (secondary N) is 1. The maximum atomic E-state index is 12.3. The Morgan fingerprint density at radius 2 is 1.85 bits per heavy atom. The number of anilines is 2. The molecule has 0 aromatic heterocycles. The van der Waals surface area contributed by atoms with Crippen LogP contribution in [-0.2, 0) is 22.5 Å². The molecule has 2 aromatic rings. The van der Waals surface area contributed by atoms with E-state index in [2.05, 4.69) is 5.32 Å². The van der Waals surface area contributed by atoms with Crippen LogP contribution in [0.5, 0.6) is 0 Å². The highest BCUT2D eigenvalue weighted by Crippen LogP contribution is 2.31. The molecule has 1 N–H and O–H groups in total. The molecule has 0 saturated heterocycles. The van der Waals surface area contributed by atoms with E-state index in [4.69, 9.17) is 9.47 Å². The molecule has 1 aliphatic heterocycles. The SMILES string of the molecule is CC(C)(C)OC(=O)N1CCc2cc(NC(=O)OCc3ccccc3)ccc21. The minimum atomic E-state index is -0.538.